The van der Waals surface area contributed by atoms with Gasteiger partial charge in [-0.15, -0.1) is 0 Å². The number of likely N-dealkylation sites (tertiary alicyclic amines) is 1. The highest BCUT2D eigenvalue weighted by molar-refractivity contribution is 5.51. The number of hydrogen-bond acceptors (Lipinski definition) is 3. The second-order valence-electron chi connectivity index (χ2n) is 7.77. The Bertz CT molecular complexity index is 661. The quantitative estimate of drug-likeness (QED) is 0.835. The highest BCUT2D eigenvalue weighted by Gasteiger charge is 2.21. The molecule has 0 radical (unpaired) electrons. The van der Waals surface area contributed by atoms with Gasteiger partial charge in [0.05, 0.1) is 6.10 Å². The van der Waals surface area contributed by atoms with Gasteiger partial charge in [0.1, 0.15) is 0 Å². The smallest absolute Gasteiger partial charge is 0.0564 e. The van der Waals surface area contributed by atoms with Crippen LogP contribution in [0.1, 0.15) is 37.8 Å². The predicted octanol–water partition coefficient (Wildman–Crippen LogP) is 4.03. The standard InChI is InChI=1S/C22H30N2O/c1-22(2,19-9-4-3-5-10-19)17-23-21-11-7-6-8-18(21)16-24-14-12-20(25)13-15-24/h3-11,20,23,25H,12-17H2,1-2H3. The summed E-state index contributed by atoms with van der Waals surface area (Å²) in [4.78, 5) is 2.44. The molecule has 3 heteroatoms. The zero-order chi connectivity index (χ0) is 17.7. The summed E-state index contributed by atoms with van der Waals surface area (Å²) in [5.74, 6) is 0. The molecule has 2 aromatic rings. The average Bonchev–Trinajstić information content (AvgIpc) is 2.64. The number of aliphatic hydroxyl groups is 1. The topological polar surface area (TPSA) is 35.5 Å². The first kappa shape index (κ1) is 18.0. The van der Waals surface area contributed by atoms with Gasteiger partial charge in [-0.2, -0.15) is 0 Å². The summed E-state index contributed by atoms with van der Waals surface area (Å²) in [7, 11) is 0. The summed E-state index contributed by atoms with van der Waals surface area (Å²) < 4.78 is 0. The first-order chi connectivity index (χ1) is 12.0. The van der Waals surface area contributed by atoms with Gasteiger partial charge in [-0.1, -0.05) is 62.4 Å². The maximum atomic E-state index is 9.69. The fourth-order valence-corrected chi connectivity index (χ4v) is 3.46. The largest absolute Gasteiger partial charge is 0.393 e. The van der Waals surface area contributed by atoms with Crippen LogP contribution in [0.25, 0.3) is 0 Å². The van der Waals surface area contributed by atoms with Gasteiger partial charge in [-0.05, 0) is 30.0 Å². The molecule has 3 rings (SSSR count). The lowest BCUT2D eigenvalue weighted by molar-refractivity contribution is 0.0793. The van der Waals surface area contributed by atoms with E-state index in [1.165, 1.54) is 16.8 Å². The highest BCUT2D eigenvalue weighted by atomic mass is 16.3. The average molecular weight is 338 g/mol. The van der Waals surface area contributed by atoms with E-state index in [9.17, 15) is 5.11 Å². The number of aliphatic hydroxyl groups excluding tert-OH is 1. The summed E-state index contributed by atoms with van der Waals surface area (Å²) in [6.07, 6.45) is 1.66. The zero-order valence-electron chi connectivity index (χ0n) is 15.4. The molecule has 1 fully saturated rings. The predicted molar refractivity (Wildman–Crippen MR) is 105 cm³/mol. The molecule has 0 spiro atoms. The molecular formula is C22H30N2O. The van der Waals surface area contributed by atoms with Crippen LogP contribution >= 0.6 is 0 Å². The second-order valence-corrected chi connectivity index (χ2v) is 7.77. The Labute approximate surface area is 151 Å². The SMILES string of the molecule is CC(C)(CNc1ccccc1CN1CCC(O)CC1)c1ccccc1. The number of hydrogen-bond donors (Lipinski definition) is 2. The third kappa shape index (κ3) is 4.83. The number of benzene rings is 2. The van der Waals surface area contributed by atoms with Crippen LogP contribution in [0.2, 0.25) is 0 Å². The minimum absolute atomic E-state index is 0.0730. The zero-order valence-corrected chi connectivity index (χ0v) is 15.4. The van der Waals surface area contributed by atoms with Gasteiger partial charge in [0.25, 0.3) is 0 Å². The van der Waals surface area contributed by atoms with E-state index in [4.69, 9.17) is 0 Å². The van der Waals surface area contributed by atoms with Crippen molar-refractivity contribution in [2.45, 2.75) is 44.8 Å². The van der Waals surface area contributed by atoms with Gasteiger partial charge in [0.15, 0.2) is 0 Å². The van der Waals surface area contributed by atoms with E-state index in [0.29, 0.717) is 0 Å². The molecule has 1 saturated heterocycles. The lowest BCUT2D eigenvalue weighted by Gasteiger charge is -2.31. The molecule has 0 unspecified atom stereocenters. The second kappa shape index (κ2) is 8.03. The lowest BCUT2D eigenvalue weighted by atomic mass is 9.84. The molecule has 0 aromatic heterocycles. The van der Waals surface area contributed by atoms with Crippen molar-refractivity contribution in [1.29, 1.82) is 0 Å². The van der Waals surface area contributed by atoms with Gasteiger partial charge in [-0.25, -0.2) is 0 Å². The molecule has 2 aromatic carbocycles. The fraction of sp³-hybridized carbons (Fsp3) is 0.455. The maximum Gasteiger partial charge on any atom is 0.0564 e. The van der Waals surface area contributed by atoms with Crippen molar-refractivity contribution in [3.05, 3.63) is 65.7 Å². The Hall–Kier alpha value is -1.84. The number of anilines is 1. The van der Waals surface area contributed by atoms with Gasteiger partial charge in [-0.3, -0.25) is 4.90 Å². The van der Waals surface area contributed by atoms with E-state index in [-0.39, 0.29) is 11.5 Å². The summed E-state index contributed by atoms with van der Waals surface area (Å²) >= 11 is 0. The highest BCUT2D eigenvalue weighted by Crippen LogP contribution is 2.25. The number of rotatable bonds is 6. The molecule has 0 amide bonds. The molecule has 134 valence electrons. The molecule has 0 atom stereocenters. The Balaban J connectivity index is 1.65. The number of nitrogens with one attached hydrogen (secondary N) is 1. The lowest BCUT2D eigenvalue weighted by Crippen LogP contribution is -2.35. The molecule has 3 nitrogen and oxygen atoms in total. The molecule has 2 N–H and O–H groups in total. The summed E-state index contributed by atoms with van der Waals surface area (Å²) in [6.45, 7) is 8.36. The Kier molecular flexibility index (Phi) is 5.77. The normalized spacial score (nSPS) is 16.8. The van der Waals surface area contributed by atoms with Crippen LogP contribution in [0.15, 0.2) is 54.6 Å². The number of piperidine rings is 1. The van der Waals surface area contributed by atoms with Gasteiger partial charge < -0.3 is 10.4 Å². The van der Waals surface area contributed by atoms with E-state index >= 15 is 0 Å². The van der Waals surface area contributed by atoms with Crippen LogP contribution in [-0.2, 0) is 12.0 Å². The van der Waals surface area contributed by atoms with Crippen molar-refractivity contribution in [3.8, 4) is 0 Å². The van der Waals surface area contributed by atoms with Crippen LogP contribution in [-0.4, -0.2) is 35.7 Å². The summed E-state index contributed by atoms with van der Waals surface area (Å²) in [6, 6.07) is 19.3. The molecule has 0 bridgehead atoms. The molecule has 25 heavy (non-hydrogen) atoms. The minimum Gasteiger partial charge on any atom is -0.393 e. The monoisotopic (exact) mass is 338 g/mol. The van der Waals surface area contributed by atoms with Crippen molar-refractivity contribution < 1.29 is 5.11 Å². The number of para-hydroxylation sites is 1. The van der Waals surface area contributed by atoms with Crippen molar-refractivity contribution in [3.63, 3.8) is 0 Å². The van der Waals surface area contributed by atoms with E-state index in [2.05, 4.69) is 78.7 Å². The molecular weight excluding hydrogens is 308 g/mol. The van der Waals surface area contributed by atoms with E-state index in [0.717, 1.165) is 39.0 Å². The Morgan fingerprint density at radius 2 is 1.64 bits per heavy atom. The Morgan fingerprint density at radius 1 is 1.00 bits per heavy atom. The van der Waals surface area contributed by atoms with E-state index in [1.54, 1.807) is 0 Å². The van der Waals surface area contributed by atoms with Gasteiger partial charge in [0.2, 0.25) is 0 Å². The van der Waals surface area contributed by atoms with Crippen molar-refractivity contribution in [1.82, 2.24) is 4.90 Å². The fourth-order valence-electron chi connectivity index (χ4n) is 3.46. The van der Waals surface area contributed by atoms with Crippen LogP contribution in [0.5, 0.6) is 0 Å². The van der Waals surface area contributed by atoms with E-state index in [1.807, 2.05) is 0 Å². The van der Waals surface area contributed by atoms with Crippen LogP contribution in [0.4, 0.5) is 5.69 Å². The third-order valence-electron chi connectivity index (χ3n) is 5.24. The minimum atomic E-state index is -0.115. The first-order valence-corrected chi connectivity index (χ1v) is 9.32. The van der Waals surface area contributed by atoms with Crippen molar-refractivity contribution >= 4 is 5.69 Å². The Morgan fingerprint density at radius 3 is 2.36 bits per heavy atom. The van der Waals surface area contributed by atoms with Crippen LogP contribution < -0.4 is 5.32 Å². The van der Waals surface area contributed by atoms with Crippen LogP contribution in [0.3, 0.4) is 0 Å². The number of nitrogens with zero attached hydrogens (tertiary/aromatic N) is 1. The van der Waals surface area contributed by atoms with Crippen molar-refractivity contribution in [2.75, 3.05) is 25.0 Å². The van der Waals surface area contributed by atoms with Gasteiger partial charge >= 0.3 is 0 Å². The first-order valence-electron chi connectivity index (χ1n) is 9.32. The molecule has 0 saturated carbocycles. The molecule has 1 aliphatic rings. The van der Waals surface area contributed by atoms with Crippen molar-refractivity contribution in [2.24, 2.45) is 0 Å². The summed E-state index contributed by atoms with van der Waals surface area (Å²) in [5.41, 5.74) is 3.98. The molecule has 1 aliphatic heterocycles. The third-order valence-corrected chi connectivity index (χ3v) is 5.24. The molecule has 1 heterocycles. The maximum absolute atomic E-state index is 9.69. The molecule has 0 aliphatic carbocycles. The van der Waals surface area contributed by atoms with E-state index < -0.39 is 0 Å². The summed E-state index contributed by atoms with van der Waals surface area (Å²) in [5, 5.41) is 13.4. The van der Waals surface area contributed by atoms with Crippen LogP contribution in [0, 0.1) is 0 Å². The van der Waals surface area contributed by atoms with Gasteiger partial charge in [0, 0.05) is 37.3 Å².